The van der Waals surface area contributed by atoms with E-state index in [-0.39, 0.29) is 23.2 Å². The summed E-state index contributed by atoms with van der Waals surface area (Å²) in [6.45, 7) is 0.197. The minimum atomic E-state index is -0.541. The molecule has 4 aromatic rings. The number of benzene rings is 1. The molecule has 0 fully saturated rings. The maximum absolute atomic E-state index is 11.0. The van der Waals surface area contributed by atoms with Crippen molar-refractivity contribution in [3.05, 3.63) is 57.3 Å². The van der Waals surface area contributed by atoms with Gasteiger partial charge < -0.3 is 10.2 Å². The number of anilines is 1. The van der Waals surface area contributed by atoms with Crippen LogP contribution in [0.1, 0.15) is 5.56 Å². The van der Waals surface area contributed by atoms with Crippen LogP contribution in [0.15, 0.2) is 41.0 Å². The number of furan rings is 1. The summed E-state index contributed by atoms with van der Waals surface area (Å²) in [6.07, 6.45) is 1.51. The fourth-order valence-corrected chi connectivity index (χ4v) is 2.72. The van der Waals surface area contributed by atoms with Gasteiger partial charge in [-0.1, -0.05) is 22.9 Å². The lowest BCUT2D eigenvalue weighted by Gasteiger charge is -2.04. The molecule has 130 valence electrons. The lowest BCUT2D eigenvalue weighted by molar-refractivity contribution is -0.384. The number of hydrogen-bond donors (Lipinski definition) is 1. The Bertz CT molecular complexity index is 1120. The van der Waals surface area contributed by atoms with E-state index in [0.717, 1.165) is 0 Å². The average molecular weight is 372 g/mol. The van der Waals surface area contributed by atoms with Crippen molar-refractivity contribution in [3.63, 3.8) is 0 Å². The lowest BCUT2D eigenvalue weighted by atomic mass is 10.2. The molecule has 1 aromatic carbocycles. The number of nitro groups is 1. The number of halogens is 1. The molecule has 0 radical (unpaired) electrons. The van der Waals surface area contributed by atoms with Crippen LogP contribution >= 0.6 is 11.6 Å². The van der Waals surface area contributed by atoms with E-state index in [9.17, 15) is 10.1 Å². The Balaban J connectivity index is 1.79. The van der Waals surface area contributed by atoms with Crippen molar-refractivity contribution in [2.45, 2.75) is 6.54 Å². The van der Waals surface area contributed by atoms with Gasteiger partial charge in [-0.05, 0) is 23.8 Å². The van der Waals surface area contributed by atoms with Gasteiger partial charge in [-0.25, -0.2) is 9.67 Å². The van der Waals surface area contributed by atoms with Crippen molar-refractivity contribution in [2.24, 2.45) is 0 Å². The van der Waals surface area contributed by atoms with Crippen LogP contribution in [0.5, 0.6) is 0 Å². The lowest BCUT2D eigenvalue weighted by Crippen LogP contribution is -2.05. The molecular formula is C15H10ClN7O3. The smallest absolute Gasteiger partial charge is 0.288 e. The zero-order valence-corrected chi connectivity index (χ0v) is 13.8. The summed E-state index contributed by atoms with van der Waals surface area (Å²) in [6, 6.07) is 7.96. The van der Waals surface area contributed by atoms with Crippen LogP contribution in [-0.2, 0) is 6.54 Å². The molecule has 0 aliphatic rings. The van der Waals surface area contributed by atoms with Gasteiger partial charge in [-0.2, -0.15) is 4.98 Å². The molecule has 0 aliphatic carbocycles. The highest BCUT2D eigenvalue weighted by Gasteiger charge is 2.18. The van der Waals surface area contributed by atoms with E-state index >= 15 is 0 Å². The summed E-state index contributed by atoms with van der Waals surface area (Å²) in [5, 5.41) is 19.3. The second kappa shape index (κ2) is 6.08. The monoisotopic (exact) mass is 371 g/mol. The normalized spacial score (nSPS) is 11.1. The van der Waals surface area contributed by atoms with E-state index in [1.165, 1.54) is 23.1 Å². The maximum Gasteiger partial charge on any atom is 0.288 e. The number of nitrogens with zero attached hydrogens (tertiary/aromatic N) is 6. The minimum absolute atomic E-state index is 0.0366. The number of fused-ring (bicyclic) bond motifs is 1. The van der Waals surface area contributed by atoms with Crippen molar-refractivity contribution < 1.29 is 9.34 Å². The summed E-state index contributed by atoms with van der Waals surface area (Å²) in [4.78, 5) is 18.9. The zero-order valence-electron chi connectivity index (χ0n) is 13.0. The maximum atomic E-state index is 11.0. The van der Waals surface area contributed by atoms with Crippen LogP contribution in [0, 0.1) is 10.1 Å². The van der Waals surface area contributed by atoms with Crippen molar-refractivity contribution in [2.75, 3.05) is 5.73 Å². The molecule has 0 unspecified atom stereocenters. The molecule has 0 aliphatic heterocycles. The Kier molecular flexibility index (Phi) is 3.73. The summed E-state index contributed by atoms with van der Waals surface area (Å²) in [7, 11) is 0. The minimum Gasteiger partial charge on any atom is -0.463 e. The van der Waals surface area contributed by atoms with Crippen LogP contribution < -0.4 is 5.73 Å². The van der Waals surface area contributed by atoms with Crippen molar-refractivity contribution in [1.82, 2.24) is 25.0 Å². The number of hydrogen-bond acceptors (Lipinski definition) is 8. The van der Waals surface area contributed by atoms with Crippen molar-refractivity contribution >= 4 is 34.4 Å². The molecule has 0 bridgehead atoms. The number of nitro benzene ring substituents is 1. The quantitative estimate of drug-likeness (QED) is 0.426. The molecule has 3 heterocycles. The molecule has 26 heavy (non-hydrogen) atoms. The second-order valence-electron chi connectivity index (χ2n) is 5.37. The van der Waals surface area contributed by atoms with Crippen LogP contribution in [0.2, 0.25) is 5.02 Å². The first kappa shape index (κ1) is 16.0. The van der Waals surface area contributed by atoms with Gasteiger partial charge in [0, 0.05) is 6.07 Å². The highest BCUT2D eigenvalue weighted by atomic mass is 35.5. The largest absolute Gasteiger partial charge is 0.463 e. The van der Waals surface area contributed by atoms with Gasteiger partial charge in [0.2, 0.25) is 5.95 Å². The molecular weight excluding hydrogens is 362 g/mol. The van der Waals surface area contributed by atoms with E-state index in [1.54, 1.807) is 18.2 Å². The number of nitrogens with two attached hydrogens (primary N) is 1. The van der Waals surface area contributed by atoms with Crippen molar-refractivity contribution in [1.29, 1.82) is 0 Å². The molecule has 4 rings (SSSR count). The third-order valence-electron chi connectivity index (χ3n) is 3.67. The van der Waals surface area contributed by atoms with Crippen LogP contribution in [0.4, 0.5) is 11.6 Å². The standard InChI is InChI=1S/C15H10ClN7O3/c16-9-4-3-8(6-10(9)23(24)25)7-22-14-13(20-21-22)12(18-15(17)19-14)11-2-1-5-26-11/h1-6H,7H2,(H2,17,18,19). The summed E-state index contributed by atoms with van der Waals surface area (Å²) < 4.78 is 6.83. The van der Waals surface area contributed by atoms with Crippen LogP contribution in [0.3, 0.4) is 0 Å². The molecule has 0 saturated carbocycles. The van der Waals surface area contributed by atoms with E-state index < -0.39 is 4.92 Å². The van der Waals surface area contributed by atoms with Gasteiger partial charge >= 0.3 is 0 Å². The number of aromatic nitrogens is 5. The third kappa shape index (κ3) is 2.71. The Morgan fingerprint density at radius 1 is 1.31 bits per heavy atom. The summed E-state index contributed by atoms with van der Waals surface area (Å²) in [5.74, 6) is 0.521. The Labute approximate surface area is 150 Å². The van der Waals surface area contributed by atoms with Gasteiger partial charge in [0.05, 0.1) is 17.7 Å². The Morgan fingerprint density at radius 3 is 2.88 bits per heavy atom. The predicted molar refractivity (Wildman–Crippen MR) is 92.4 cm³/mol. The van der Waals surface area contributed by atoms with E-state index in [1.807, 2.05) is 0 Å². The Hall–Kier alpha value is -3.53. The molecule has 0 saturated heterocycles. The zero-order chi connectivity index (χ0) is 18.3. The molecule has 2 N–H and O–H groups in total. The first-order chi connectivity index (χ1) is 12.5. The second-order valence-corrected chi connectivity index (χ2v) is 5.78. The van der Waals surface area contributed by atoms with Gasteiger partial charge in [0.1, 0.15) is 10.7 Å². The van der Waals surface area contributed by atoms with E-state index in [4.69, 9.17) is 21.8 Å². The van der Waals surface area contributed by atoms with Gasteiger partial charge in [0.25, 0.3) is 5.69 Å². The summed E-state index contributed by atoms with van der Waals surface area (Å²) in [5.41, 5.74) is 7.46. The highest BCUT2D eigenvalue weighted by Crippen LogP contribution is 2.27. The van der Waals surface area contributed by atoms with Gasteiger partial charge in [0.15, 0.2) is 16.9 Å². The first-order valence-electron chi connectivity index (χ1n) is 7.36. The van der Waals surface area contributed by atoms with Crippen LogP contribution in [0.25, 0.3) is 22.6 Å². The molecule has 0 spiro atoms. The van der Waals surface area contributed by atoms with Gasteiger partial charge in [-0.3, -0.25) is 10.1 Å². The topological polar surface area (TPSA) is 139 Å². The van der Waals surface area contributed by atoms with E-state index in [2.05, 4.69) is 20.3 Å². The van der Waals surface area contributed by atoms with Crippen LogP contribution in [-0.4, -0.2) is 29.9 Å². The number of rotatable bonds is 4. The number of nitrogen functional groups attached to an aromatic ring is 1. The fraction of sp³-hybridized carbons (Fsp3) is 0.0667. The van der Waals surface area contributed by atoms with E-state index in [0.29, 0.717) is 28.2 Å². The predicted octanol–water partition coefficient (Wildman–Crippen LogP) is 2.67. The molecule has 3 aromatic heterocycles. The molecule has 11 heteroatoms. The van der Waals surface area contributed by atoms with Crippen molar-refractivity contribution in [3.8, 4) is 11.5 Å². The SMILES string of the molecule is Nc1nc(-c2ccco2)c2nnn(Cc3ccc(Cl)c([N+](=O)[O-])c3)c2n1. The molecule has 0 amide bonds. The fourth-order valence-electron chi connectivity index (χ4n) is 2.53. The Morgan fingerprint density at radius 2 is 2.15 bits per heavy atom. The molecule has 0 atom stereocenters. The summed E-state index contributed by atoms with van der Waals surface area (Å²) >= 11 is 5.84. The van der Waals surface area contributed by atoms with Gasteiger partial charge in [-0.15, -0.1) is 5.10 Å². The molecule has 10 nitrogen and oxygen atoms in total. The highest BCUT2D eigenvalue weighted by molar-refractivity contribution is 6.32. The third-order valence-corrected chi connectivity index (χ3v) is 3.99. The average Bonchev–Trinajstić information content (AvgIpc) is 3.26. The first-order valence-corrected chi connectivity index (χ1v) is 7.74.